The van der Waals surface area contributed by atoms with Gasteiger partial charge in [0.2, 0.25) is 0 Å². The highest BCUT2D eigenvalue weighted by atomic mass is 32.1. The van der Waals surface area contributed by atoms with Crippen LogP contribution in [0.2, 0.25) is 0 Å². The lowest BCUT2D eigenvalue weighted by Gasteiger charge is -2.32. The summed E-state index contributed by atoms with van der Waals surface area (Å²) >= 11 is 1.51. The lowest BCUT2D eigenvalue weighted by Crippen LogP contribution is -2.43. The van der Waals surface area contributed by atoms with Gasteiger partial charge in [0.1, 0.15) is 17.5 Å². The Morgan fingerprint density at radius 3 is 2.53 bits per heavy atom. The van der Waals surface area contributed by atoms with E-state index in [0.29, 0.717) is 12.3 Å². The molecule has 0 N–H and O–H groups in total. The van der Waals surface area contributed by atoms with Crippen LogP contribution in [-0.4, -0.2) is 58.0 Å². The van der Waals surface area contributed by atoms with Crippen molar-refractivity contribution in [3.05, 3.63) is 82.6 Å². The zero-order chi connectivity index (χ0) is 23.3. The number of rotatable bonds is 7. The van der Waals surface area contributed by atoms with Gasteiger partial charge in [0.25, 0.3) is 0 Å². The van der Waals surface area contributed by atoms with Gasteiger partial charge in [-0.15, -0.1) is 11.3 Å². The Bertz CT molecular complexity index is 1260. The maximum atomic E-state index is 9.82. The highest BCUT2D eigenvalue weighted by molar-refractivity contribution is 7.18. The molecule has 172 valence electrons. The van der Waals surface area contributed by atoms with Crippen molar-refractivity contribution in [2.24, 2.45) is 0 Å². The van der Waals surface area contributed by atoms with E-state index in [9.17, 15) is 5.26 Å². The number of aromatic nitrogens is 3. The van der Waals surface area contributed by atoms with Crippen molar-refractivity contribution < 1.29 is 4.74 Å². The van der Waals surface area contributed by atoms with Gasteiger partial charge in [-0.3, -0.25) is 4.90 Å². The molecule has 2 aromatic carbocycles. The van der Waals surface area contributed by atoms with E-state index in [1.54, 1.807) is 12.3 Å². The molecule has 0 bridgehead atoms. The van der Waals surface area contributed by atoms with Gasteiger partial charge >= 0.3 is 6.01 Å². The van der Waals surface area contributed by atoms with Crippen LogP contribution < -0.4 is 4.74 Å². The molecular weight excluding hydrogens is 444 g/mol. The van der Waals surface area contributed by atoms with Gasteiger partial charge in [-0.2, -0.15) is 10.2 Å². The predicted molar refractivity (Wildman–Crippen MR) is 133 cm³/mol. The Morgan fingerprint density at radius 1 is 1.00 bits per heavy atom. The van der Waals surface area contributed by atoms with E-state index in [4.69, 9.17) is 4.74 Å². The standard InChI is InChI=1S/C26H26N6OS/c1-31-12-14-32(15-13-31)17-19-6-8-20(9-7-19)18-33-26-28-11-10-22(30-26)21(16-27)25-29-23-4-2-3-5-24(23)34-25/h2-11,21H,12-15,17-18H2,1H3. The molecule has 7 nitrogen and oxygen atoms in total. The molecule has 0 aliphatic carbocycles. The average Bonchev–Trinajstić information content (AvgIpc) is 3.29. The second-order valence-electron chi connectivity index (χ2n) is 8.53. The first-order valence-electron chi connectivity index (χ1n) is 11.4. The first-order valence-corrected chi connectivity index (χ1v) is 12.2. The van der Waals surface area contributed by atoms with Crippen molar-refractivity contribution in [2.45, 2.75) is 19.1 Å². The van der Waals surface area contributed by atoms with E-state index < -0.39 is 5.92 Å². The fourth-order valence-electron chi connectivity index (χ4n) is 4.00. The molecule has 0 spiro atoms. The molecule has 2 aromatic heterocycles. The highest BCUT2D eigenvalue weighted by Crippen LogP contribution is 2.31. The number of fused-ring (bicyclic) bond motifs is 1. The summed E-state index contributed by atoms with van der Waals surface area (Å²) in [5.41, 5.74) is 3.84. The maximum Gasteiger partial charge on any atom is 0.316 e. The minimum Gasteiger partial charge on any atom is -0.459 e. The van der Waals surface area contributed by atoms with Crippen LogP contribution in [0.15, 0.2) is 60.8 Å². The molecule has 1 unspecified atom stereocenters. The second kappa shape index (κ2) is 10.3. The van der Waals surface area contributed by atoms with Gasteiger partial charge in [-0.05, 0) is 36.4 Å². The molecule has 1 fully saturated rings. The number of para-hydroxylation sites is 1. The van der Waals surface area contributed by atoms with Crippen molar-refractivity contribution in [3.63, 3.8) is 0 Å². The number of ether oxygens (including phenoxy) is 1. The summed E-state index contributed by atoms with van der Waals surface area (Å²) in [7, 11) is 2.17. The first kappa shape index (κ1) is 22.4. The smallest absolute Gasteiger partial charge is 0.316 e. The van der Waals surface area contributed by atoms with Crippen LogP contribution >= 0.6 is 11.3 Å². The van der Waals surface area contributed by atoms with Crippen molar-refractivity contribution in [3.8, 4) is 12.1 Å². The van der Waals surface area contributed by atoms with Crippen LogP contribution in [0.3, 0.4) is 0 Å². The molecule has 3 heterocycles. The summed E-state index contributed by atoms with van der Waals surface area (Å²) in [6, 6.07) is 20.7. The van der Waals surface area contributed by atoms with Crippen LogP contribution in [0.25, 0.3) is 10.2 Å². The van der Waals surface area contributed by atoms with Gasteiger partial charge < -0.3 is 9.64 Å². The Morgan fingerprint density at radius 2 is 1.76 bits per heavy atom. The first-order chi connectivity index (χ1) is 16.7. The van der Waals surface area contributed by atoms with Gasteiger partial charge in [-0.25, -0.2) is 9.97 Å². The number of thiazole rings is 1. The molecule has 8 heteroatoms. The maximum absolute atomic E-state index is 9.82. The summed E-state index contributed by atoms with van der Waals surface area (Å²) in [5.74, 6) is -0.559. The summed E-state index contributed by atoms with van der Waals surface area (Å²) in [6.45, 7) is 5.80. The quantitative estimate of drug-likeness (QED) is 0.403. The average molecular weight is 471 g/mol. The second-order valence-corrected chi connectivity index (χ2v) is 9.59. The molecule has 1 atom stereocenters. The van der Waals surface area contributed by atoms with Crippen molar-refractivity contribution in [1.82, 2.24) is 24.8 Å². The third-order valence-corrected chi connectivity index (χ3v) is 7.13. The van der Waals surface area contributed by atoms with Gasteiger partial charge in [0, 0.05) is 38.9 Å². The summed E-state index contributed by atoms with van der Waals surface area (Å²) in [4.78, 5) is 18.2. The minimum absolute atomic E-state index is 0.264. The molecule has 1 aliphatic heterocycles. The van der Waals surface area contributed by atoms with E-state index in [0.717, 1.165) is 53.5 Å². The zero-order valence-corrected chi connectivity index (χ0v) is 19.9. The number of piperazine rings is 1. The predicted octanol–water partition coefficient (Wildman–Crippen LogP) is 4.07. The summed E-state index contributed by atoms with van der Waals surface area (Å²) in [6.07, 6.45) is 1.63. The molecule has 1 saturated heterocycles. The summed E-state index contributed by atoms with van der Waals surface area (Å²) in [5, 5.41) is 10.5. The monoisotopic (exact) mass is 470 g/mol. The normalized spacial score (nSPS) is 15.8. The fourth-order valence-corrected chi connectivity index (χ4v) is 5.02. The van der Waals surface area contributed by atoms with Crippen LogP contribution in [0.5, 0.6) is 6.01 Å². The van der Waals surface area contributed by atoms with E-state index >= 15 is 0 Å². The molecule has 34 heavy (non-hydrogen) atoms. The molecular formula is C26H26N6OS. The Balaban J connectivity index is 1.22. The third-order valence-electron chi connectivity index (χ3n) is 6.03. The number of likely N-dealkylation sites (N-methyl/N-ethyl adjacent to an activating group) is 1. The third kappa shape index (κ3) is 5.23. The highest BCUT2D eigenvalue weighted by Gasteiger charge is 2.20. The lowest BCUT2D eigenvalue weighted by molar-refractivity contribution is 0.148. The molecule has 0 amide bonds. The van der Waals surface area contributed by atoms with Gasteiger partial charge in [0.05, 0.1) is 22.0 Å². The lowest BCUT2D eigenvalue weighted by atomic mass is 10.1. The SMILES string of the molecule is CN1CCN(Cc2ccc(COc3nccc(C(C#N)c4nc5ccccc5s4)n3)cc2)CC1. The number of hydrogen-bond donors (Lipinski definition) is 0. The summed E-state index contributed by atoms with van der Waals surface area (Å²) < 4.78 is 6.91. The van der Waals surface area contributed by atoms with Crippen LogP contribution in [0.4, 0.5) is 0 Å². The van der Waals surface area contributed by atoms with Crippen LogP contribution in [-0.2, 0) is 13.2 Å². The van der Waals surface area contributed by atoms with E-state index in [-0.39, 0.29) is 6.01 Å². The van der Waals surface area contributed by atoms with Crippen LogP contribution in [0, 0.1) is 11.3 Å². The van der Waals surface area contributed by atoms with Crippen LogP contribution in [0.1, 0.15) is 27.7 Å². The largest absolute Gasteiger partial charge is 0.459 e. The van der Waals surface area contributed by atoms with Gasteiger partial charge in [-0.1, -0.05) is 36.4 Å². The molecule has 4 aromatic rings. The zero-order valence-electron chi connectivity index (χ0n) is 19.1. The van der Waals surface area contributed by atoms with E-state index in [2.05, 4.69) is 62.1 Å². The van der Waals surface area contributed by atoms with E-state index in [1.165, 1.54) is 16.9 Å². The number of benzene rings is 2. The van der Waals surface area contributed by atoms with Crippen molar-refractivity contribution in [1.29, 1.82) is 5.26 Å². The van der Waals surface area contributed by atoms with Crippen molar-refractivity contribution in [2.75, 3.05) is 33.2 Å². The Kier molecular flexibility index (Phi) is 6.77. The molecule has 0 saturated carbocycles. The minimum atomic E-state index is -0.559. The van der Waals surface area contributed by atoms with Crippen molar-refractivity contribution >= 4 is 21.6 Å². The molecule has 1 aliphatic rings. The molecule has 5 rings (SSSR count). The molecule has 0 radical (unpaired) electrons. The van der Waals surface area contributed by atoms with E-state index in [1.807, 2.05) is 24.3 Å². The number of nitrogens with zero attached hydrogens (tertiary/aromatic N) is 6. The Labute approximate surface area is 203 Å². The Hall–Kier alpha value is -3.38. The van der Waals surface area contributed by atoms with Gasteiger partial charge in [0.15, 0.2) is 0 Å². The number of nitriles is 1. The fraction of sp³-hybridized carbons (Fsp3) is 0.308. The number of hydrogen-bond acceptors (Lipinski definition) is 8. The topological polar surface area (TPSA) is 78.2 Å².